The number of nitrogens with zero attached hydrogens (tertiary/aromatic N) is 1. The maximum absolute atomic E-state index is 12.0. The van der Waals surface area contributed by atoms with Crippen LogP contribution < -0.4 is 10.6 Å². The Morgan fingerprint density at radius 2 is 2.18 bits per heavy atom. The summed E-state index contributed by atoms with van der Waals surface area (Å²) in [5.74, 6) is -0.229. The highest BCUT2D eigenvalue weighted by atomic mass is 32.2. The summed E-state index contributed by atoms with van der Waals surface area (Å²) in [6.07, 6.45) is 0.975. The van der Waals surface area contributed by atoms with Gasteiger partial charge in [-0.2, -0.15) is 0 Å². The molecule has 7 heteroatoms. The number of benzene rings is 1. The Morgan fingerprint density at radius 3 is 2.77 bits per heavy atom. The first-order chi connectivity index (χ1) is 10.6. The average Bonchev–Trinajstić information content (AvgIpc) is 3.10. The number of hydrogen-bond donors (Lipinski definition) is 2. The topological polar surface area (TPSA) is 71.1 Å². The van der Waals surface area contributed by atoms with Gasteiger partial charge in [0.2, 0.25) is 11.8 Å². The fraction of sp³-hybridized carbons (Fsp3) is 0.267. The molecular weight excluding hydrogens is 318 g/mol. The number of nitrogens with one attached hydrogen (secondary N) is 2. The van der Waals surface area contributed by atoms with Crippen LogP contribution in [0.2, 0.25) is 0 Å². The fourth-order valence-corrected chi connectivity index (χ4v) is 3.94. The van der Waals surface area contributed by atoms with Crippen molar-refractivity contribution < 1.29 is 9.59 Å². The predicted octanol–water partition coefficient (Wildman–Crippen LogP) is 2.82. The van der Waals surface area contributed by atoms with Gasteiger partial charge in [-0.25, -0.2) is 4.98 Å². The van der Waals surface area contributed by atoms with E-state index in [1.807, 2.05) is 36.6 Å². The van der Waals surface area contributed by atoms with Gasteiger partial charge in [-0.05, 0) is 37.6 Å². The van der Waals surface area contributed by atoms with E-state index in [-0.39, 0.29) is 11.8 Å². The third kappa shape index (κ3) is 3.66. The summed E-state index contributed by atoms with van der Waals surface area (Å²) in [4.78, 5) is 28.6. The third-order valence-corrected chi connectivity index (χ3v) is 5.30. The van der Waals surface area contributed by atoms with E-state index in [1.165, 1.54) is 0 Å². The van der Waals surface area contributed by atoms with Crippen LogP contribution in [0.3, 0.4) is 0 Å². The van der Waals surface area contributed by atoms with Gasteiger partial charge in [0.25, 0.3) is 0 Å². The van der Waals surface area contributed by atoms with Crippen LogP contribution in [-0.2, 0) is 9.59 Å². The summed E-state index contributed by atoms with van der Waals surface area (Å²) in [6.45, 7) is 1.97. The maximum atomic E-state index is 12.0. The highest BCUT2D eigenvalue weighted by Crippen LogP contribution is 2.30. The summed E-state index contributed by atoms with van der Waals surface area (Å²) < 4.78 is 1.00. The molecule has 2 amide bonds. The van der Waals surface area contributed by atoms with Gasteiger partial charge in [-0.3, -0.25) is 9.59 Å². The van der Waals surface area contributed by atoms with Crippen molar-refractivity contribution in [2.24, 2.45) is 0 Å². The van der Waals surface area contributed by atoms with E-state index in [0.29, 0.717) is 12.8 Å². The van der Waals surface area contributed by atoms with Crippen molar-refractivity contribution in [3.05, 3.63) is 35.3 Å². The summed E-state index contributed by atoms with van der Waals surface area (Å²) in [7, 11) is 0. The number of rotatable bonds is 4. The Morgan fingerprint density at radius 1 is 1.41 bits per heavy atom. The Labute approximate surface area is 136 Å². The quantitative estimate of drug-likeness (QED) is 0.902. The Hall–Kier alpha value is -1.86. The van der Waals surface area contributed by atoms with Crippen LogP contribution in [-0.4, -0.2) is 22.8 Å². The first-order valence-corrected chi connectivity index (χ1v) is 8.60. The minimum atomic E-state index is -0.417. The zero-order chi connectivity index (χ0) is 15.5. The Balaban J connectivity index is 1.59. The van der Waals surface area contributed by atoms with E-state index < -0.39 is 6.04 Å². The molecule has 1 aromatic carbocycles. The first-order valence-electron chi connectivity index (χ1n) is 6.90. The number of carbonyl (C=O) groups excluding carboxylic acids is 2. The van der Waals surface area contributed by atoms with Crippen molar-refractivity contribution in [2.75, 3.05) is 5.32 Å². The van der Waals surface area contributed by atoms with Gasteiger partial charge >= 0.3 is 0 Å². The molecule has 0 radical (unpaired) electrons. The van der Waals surface area contributed by atoms with E-state index in [2.05, 4.69) is 15.6 Å². The lowest BCUT2D eigenvalue weighted by Gasteiger charge is -2.11. The molecule has 114 valence electrons. The van der Waals surface area contributed by atoms with Gasteiger partial charge in [0.15, 0.2) is 4.34 Å². The molecule has 0 unspecified atom stereocenters. The highest BCUT2D eigenvalue weighted by molar-refractivity contribution is 8.01. The zero-order valence-electron chi connectivity index (χ0n) is 12.0. The van der Waals surface area contributed by atoms with Crippen LogP contribution in [0.1, 0.15) is 18.5 Å². The number of thiazole rings is 1. The molecule has 3 rings (SSSR count). The van der Waals surface area contributed by atoms with Crippen molar-refractivity contribution in [1.82, 2.24) is 10.3 Å². The number of anilines is 1. The van der Waals surface area contributed by atoms with Gasteiger partial charge < -0.3 is 10.6 Å². The first kappa shape index (κ1) is 15.1. The van der Waals surface area contributed by atoms with Gasteiger partial charge in [0, 0.05) is 28.1 Å². The largest absolute Gasteiger partial charge is 0.344 e. The smallest absolute Gasteiger partial charge is 0.246 e. The van der Waals surface area contributed by atoms with Crippen molar-refractivity contribution in [3.63, 3.8) is 0 Å². The van der Waals surface area contributed by atoms with E-state index in [9.17, 15) is 9.59 Å². The second kappa shape index (κ2) is 6.50. The summed E-state index contributed by atoms with van der Waals surface area (Å²) in [5.41, 5.74) is 1.75. The Kier molecular flexibility index (Phi) is 4.44. The Bertz CT molecular complexity index is 697. The molecule has 1 aromatic heterocycles. The lowest BCUT2D eigenvalue weighted by molar-refractivity contribution is -0.122. The molecule has 0 aliphatic carbocycles. The molecule has 2 N–H and O–H groups in total. The molecule has 1 aliphatic heterocycles. The maximum Gasteiger partial charge on any atom is 0.246 e. The van der Waals surface area contributed by atoms with Gasteiger partial charge in [-0.15, -0.1) is 11.3 Å². The van der Waals surface area contributed by atoms with Crippen LogP contribution in [0.5, 0.6) is 0 Å². The molecule has 2 heterocycles. The van der Waals surface area contributed by atoms with Crippen molar-refractivity contribution >= 4 is 40.6 Å². The summed E-state index contributed by atoms with van der Waals surface area (Å²) in [5, 5.41) is 7.50. The highest BCUT2D eigenvalue weighted by Gasteiger charge is 2.26. The normalized spacial score (nSPS) is 17.3. The van der Waals surface area contributed by atoms with E-state index in [1.54, 1.807) is 23.1 Å². The number of carbonyl (C=O) groups is 2. The van der Waals surface area contributed by atoms with Crippen molar-refractivity contribution in [2.45, 2.75) is 35.0 Å². The molecule has 1 aliphatic rings. The van der Waals surface area contributed by atoms with Crippen molar-refractivity contribution in [1.29, 1.82) is 0 Å². The lowest BCUT2D eigenvalue weighted by atomic mass is 10.2. The average molecular weight is 333 g/mol. The van der Waals surface area contributed by atoms with E-state index in [4.69, 9.17) is 0 Å². The third-order valence-electron chi connectivity index (χ3n) is 3.24. The molecule has 1 atom stereocenters. The molecule has 0 bridgehead atoms. The number of aromatic nitrogens is 1. The number of amides is 2. The predicted molar refractivity (Wildman–Crippen MR) is 87.2 cm³/mol. The lowest BCUT2D eigenvalue weighted by Crippen LogP contribution is -2.37. The molecule has 0 spiro atoms. The van der Waals surface area contributed by atoms with Gasteiger partial charge in [0.1, 0.15) is 6.04 Å². The fourth-order valence-electron chi connectivity index (χ4n) is 2.13. The minimum absolute atomic E-state index is 0.0642. The molecule has 1 saturated heterocycles. The van der Waals surface area contributed by atoms with E-state index >= 15 is 0 Å². The van der Waals surface area contributed by atoms with E-state index in [0.717, 1.165) is 20.6 Å². The summed E-state index contributed by atoms with van der Waals surface area (Å²) >= 11 is 3.22. The minimum Gasteiger partial charge on any atom is -0.344 e. The molecular formula is C15H15N3O2S2. The van der Waals surface area contributed by atoms with Gasteiger partial charge in [0.05, 0.1) is 0 Å². The SMILES string of the molecule is Cc1csc(Sc2ccc(NC(=O)[C@@H]3CCC(=O)N3)cc2)n1. The molecule has 2 aromatic rings. The number of hydrogen-bond acceptors (Lipinski definition) is 5. The van der Waals surface area contributed by atoms with Gasteiger partial charge in [-0.1, -0.05) is 11.8 Å². The van der Waals surface area contributed by atoms with Crippen LogP contribution in [0.15, 0.2) is 38.9 Å². The second-order valence-electron chi connectivity index (χ2n) is 5.03. The van der Waals surface area contributed by atoms with Crippen molar-refractivity contribution in [3.8, 4) is 0 Å². The van der Waals surface area contributed by atoms with Crippen LogP contribution in [0, 0.1) is 6.92 Å². The molecule has 22 heavy (non-hydrogen) atoms. The van der Waals surface area contributed by atoms with Crippen LogP contribution in [0.25, 0.3) is 0 Å². The summed E-state index contributed by atoms with van der Waals surface area (Å²) in [6, 6.07) is 7.20. The second-order valence-corrected chi connectivity index (χ2v) is 7.21. The molecule has 1 fully saturated rings. The monoisotopic (exact) mass is 333 g/mol. The standard InChI is InChI=1S/C15H15N3O2S2/c1-9-8-21-15(16-9)22-11-4-2-10(3-5-11)17-14(20)12-6-7-13(19)18-12/h2-5,8,12H,6-7H2,1H3,(H,17,20)(H,18,19)/t12-/m0/s1. The zero-order valence-corrected chi connectivity index (χ0v) is 13.6. The number of aryl methyl sites for hydroxylation is 1. The van der Waals surface area contributed by atoms with Crippen LogP contribution in [0.4, 0.5) is 5.69 Å². The molecule has 0 saturated carbocycles. The molecule has 5 nitrogen and oxygen atoms in total. The van der Waals surface area contributed by atoms with Crippen LogP contribution >= 0.6 is 23.1 Å².